The summed E-state index contributed by atoms with van der Waals surface area (Å²) in [6.07, 6.45) is 0.399. The molecule has 1 N–H and O–H groups in total. The molecule has 82 valence electrons. The van der Waals surface area contributed by atoms with Crippen molar-refractivity contribution >= 4 is 0 Å². The van der Waals surface area contributed by atoms with E-state index in [0.29, 0.717) is 0 Å². The molecule has 0 saturated carbocycles. The third kappa shape index (κ3) is 2.06. The molecule has 0 bridgehead atoms. The molecule has 0 aromatic heterocycles. The minimum absolute atomic E-state index is 0.176. The van der Waals surface area contributed by atoms with Crippen molar-refractivity contribution in [3.8, 4) is 0 Å². The molecule has 1 fully saturated rings. The summed E-state index contributed by atoms with van der Waals surface area (Å²) >= 11 is 0. The molecule has 2 nitrogen and oxygen atoms in total. The smallest absolute Gasteiger partial charge is 0.106 e. The van der Waals surface area contributed by atoms with E-state index in [9.17, 15) is 0 Å². The van der Waals surface area contributed by atoms with Gasteiger partial charge in [-0.3, -0.25) is 5.32 Å². The average molecular weight is 205 g/mol. The second-order valence-electron chi connectivity index (χ2n) is 4.49. The monoisotopic (exact) mass is 205 g/mol. The molecule has 1 aromatic carbocycles. The highest BCUT2D eigenvalue weighted by atomic mass is 16.5. The molecule has 1 aliphatic heterocycles. The molecular weight excluding hydrogens is 186 g/mol. The third-order valence-corrected chi connectivity index (χ3v) is 3.02. The van der Waals surface area contributed by atoms with Gasteiger partial charge in [0.05, 0.1) is 6.10 Å². The zero-order valence-electron chi connectivity index (χ0n) is 9.92. The van der Waals surface area contributed by atoms with Gasteiger partial charge in [-0.25, -0.2) is 0 Å². The van der Waals surface area contributed by atoms with Crippen LogP contribution in [0.1, 0.15) is 35.3 Å². The standard InChI is InChI=1S/C13H19NO/c1-8-5-9(2)13(10(3)6-8)12-7-14-11(4)15-12/h5-6,11-12,14H,7H2,1-4H3. The molecular formula is C13H19NO. The lowest BCUT2D eigenvalue weighted by molar-refractivity contribution is 0.0523. The molecule has 0 radical (unpaired) electrons. The van der Waals surface area contributed by atoms with Crippen molar-refractivity contribution < 1.29 is 4.74 Å². The van der Waals surface area contributed by atoms with Crippen LogP contribution in [0.25, 0.3) is 0 Å². The number of ether oxygens (including phenoxy) is 1. The van der Waals surface area contributed by atoms with Gasteiger partial charge in [-0.1, -0.05) is 17.7 Å². The molecule has 2 heteroatoms. The summed E-state index contributed by atoms with van der Waals surface area (Å²) in [5.41, 5.74) is 5.37. The normalized spacial score (nSPS) is 25.9. The van der Waals surface area contributed by atoms with Crippen LogP contribution in [0.5, 0.6) is 0 Å². The Morgan fingerprint density at radius 2 is 1.80 bits per heavy atom. The summed E-state index contributed by atoms with van der Waals surface area (Å²) < 4.78 is 5.84. The molecule has 15 heavy (non-hydrogen) atoms. The van der Waals surface area contributed by atoms with Crippen LogP contribution in [0.15, 0.2) is 12.1 Å². The first kappa shape index (κ1) is 10.7. The van der Waals surface area contributed by atoms with E-state index in [1.807, 2.05) is 0 Å². The summed E-state index contributed by atoms with van der Waals surface area (Å²) in [4.78, 5) is 0. The summed E-state index contributed by atoms with van der Waals surface area (Å²) in [5, 5.41) is 3.31. The van der Waals surface area contributed by atoms with Crippen molar-refractivity contribution in [3.63, 3.8) is 0 Å². The highest BCUT2D eigenvalue weighted by Gasteiger charge is 2.25. The van der Waals surface area contributed by atoms with Crippen LogP contribution in [-0.4, -0.2) is 12.8 Å². The first-order valence-corrected chi connectivity index (χ1v) is 5.54. The van der Waals surface area contributed by atoms with Crippen molar-refractivity contribution in [2.45, 2.75) is 40.0 Å². The molecule has 0 spiro atoms. The summed E-state index contributed by atoms with van der Waals surface area (Å²) in [6.45, 7) is 9.45. The van der Waals surface area contributed by atoms with Gasteiger partial charge >= 0.3 is 0 Å². The van der Waals surface area contributed by atoms with Gasteiger partial charge in [0.1, 0.15) is 6.23 Å². The maximum atomic E-state index is 5.84. The number of benzene rings is 1. The highest BCUT2D eigenvalue weighted by Crippen LogP contribution is 2.29. The lowest BCUT2D eigenvalue weighted by Gasteiger charge is -2.17. The number of hydrogen-bond acceptors (Lipinski definition) is 2. The Kier molecular flexibility index (Phi) is 2.81. The predicted molar refractivity (Wildman–Crippen MR) is 61.9 cm³/mol. The fourth-order valence-electron chi connectivity index (χ4n) is 2.48. The molecule has 0 amide bonds. The largest absolute Gasteiger partial charge is 0.354 e. The Hall–Kier alpha value is -0.860. The van der Waals surface area contributed by atoms with Crippen molar-refractivity contribution in [1.29, 1.82) is 0 Å². The predicted octanol–water partition coefficient (Wildman–Crippen LogP) is 2.62. The number of rotatable bonds is 1. The van der Waals surface area contributed by atoms with E-state index in [2.05, 4.69) is 45.1 Å². The van der Waals surface area contributed by atoms with E-state index in [0.717, 1.165) is 6.54 Å². The fourth-order valence-corrected chi connectivity index (χ4v) is 2.48. The first-order valence-electron chi connectivity index (χ1n) is 5.54. The third-order valence-electron chi connectivity index (χ3n) is 3.02. The molecule has 1 heterocycles. The summed E-state index contributed by atoms with van der Waals surface area (Å²) in [6, 6.07) is 4.46. The molecule has 0 aliphatic carbocycles. The maximum absolute atomic E-state index is 5.84. The average Bonchev–Trinajstić information content (AvgIpc) is 2.49. The number of hydrogen-bond donors (Lipinski definition) is 1. The van der Waals surface area contributed by atoms with Crippen LogP contribution in [0.3, 0.4) is 0 Å². The zero-order valence-corrected chi connectivity index (χ0v) is 9.92. The van der Waals surface area contributed by atoms with Crippen LogP contribution in [-0.2, 0) is 4.74 Å². The van der Waals surface area contributed by atoms with Crippen LogP contribution in [0.2, 0.25) is 0 Å². The Morgan fingerprint density at radius 1 is 1.20 bits per heavy atom. The lowest BCUT2D eigenvalue weighted by atomic mass is 9.96. The topological polar surface area (TPSA) is 21.3 Å². The fraction of sp³-hybridized carbons (Fsp3) is 0.538. The van der Waals surface area contributed by atoms with E-state index in [4.69, 9.17) is 4.74 Å². The van der Waals surface area contributed by atoms with Crippen LogP contribution < -0.4 is 5.32 Å². The lowest BCUT2D eigenvalue weighted by Crippen LogP contribution is -2.17. The van der Waals surface area contributed by atoms with Crippen LogP contribution >= 0.6 is 0 Å². The first-order chi connectivity index (χ1) is 7.08. The van der Waals surface area contributed by atoms with Crippen LogP contribution in [0, 0.1) is 20.8 Å². The summed E-state index contributed by atoms with van der Waals surface area (Å²) in [5.74, 6) is 0. The molecule has 2 unspecified atom stereocenters. The second-order valence-corrected chi connectivity index (χ2v) is 4.49. The van der Waals surface area contributed by atoms with Crippen molar-refractivity contribution in [2.24, 2.45) is 0 Å². The van der Waals surface area contributed by atoms with Crippen molar-refractivity contribution in [1.82, 2.24) is 5.32 Å². The molecule has 1 aliphatic rings. The quantitative estimate of drug-likeness (QED) is 0.761. The van der Waals surface area contributed by atoms with Gasteiger partial charge in [-0.2, -0.15) is 0 Å². The van der Waals surface area contributed by atoms with E-state index >= 15 is 0 Å². The van der Waals surface area contributed by atoms with E-state index < -0.39 is 0 Å². The van der Waals surface area contributed by atoms with Gasteiger partial charge in [0.2, 0.25) is 0 Å². The van der Waals surface area contributed by atoms with Gasteiger partial charge in [-0.15, -0.1) is 0 Å². The Bertz CT molecular complexity index is 350. The van der Waals surface area contributed by atoms with E-state index in [1.165, 1.54) is 22.3 Å². The van der Waals surface area contributed by atoms with E-state index in [1.54, 1.807) is 0 Å². The molecule has 1 saturated heterocycles. The van der Waals surface area contributed by atoms with Crippen molar-refractivity contribution in [2.75, 3.05) is 6.54 Å². The summed E-state index contributed by atoms with van der Waals surface area (Å²) in [7, 11) is 0. The number of nitrogens with one attached hydrogen (secondary N) is 1. The number of aryl methyl sites for hydroxylation is 3. The van der Waals surface area contributed by atoms with Gasteiger partial charge in [0.15, 0.2) is 0 Å². The maximum Gasteiger partial charge on any atom is 0.106 e. The highest BCUT2D eigenvalue weighted by molar-refractivity contribution is 5.39. The minimum Gasteiger partial charge on any atom is -0.354 e. The van der Waals surface area contributed by atoms with Gasteiger partial charge in [-0.05, 0) is 44.4 Å². The molecule has 1 aromatic rings. The second kappa shape index (κ2) is 3.95. The molecule has 2 atom stereocenters. The van der Waals surface area contributed by atoms with Gasteiger partial charge in [0.25, 0.3) is 0 Å². The molecule has 2 rings (SSSR count). The van der Waals surface area contributed by atoms with Gasteiger partial charge in [0, 0.05) is 6.54 Å². The Balaban J connectivity index is 2.35. The Morgan fingerprint density at radius 3 is 2.27 bits per heavy atom. The van der Waals surface area contributed by atoms with Gasteiger partial charge < -0.3 is 4.74 Å². The Labute approximate surface area is 91.6 Å². The SMILES string of the molecule is Cc1cc(C)c(C2CNC(C)O2)c(C)c1. The van der Waals surface area contributed by atoms with Crippen molar-refractivity contribution in [3.05, 3.63) is 34.4 Å². The van der Waals surface area contributed by atoms with Crippen LogP contribution in [0.4, 0.5) is 0 Å². The zero-order chi connectivity index (χ0) is 11.0. The minimum atomic E-state index is 0.176. The van der Waals surface area contributed by atoms with E-state index in [-0.39, 0.29) is 12.3 Å².